The predicted molar refractivity (Wildman–Crippen MR) is 190 cm³/mol. The van der Waals surface area contributed by atoms with Gasteiger partial charge in [0.25, 0.3) is 0 Å². The molecule has 0 aliphatic heterocycles. The maximum absolute atomic E-state index is 2.50. The average Bonchev–Trinajstić information content (AvgIpc) is 3.08. The molecule has 0 radical (unpaired) electrons. The van der Waals surface area contributed by atoms with E-state index in [0.29, 0.717) is 0 Å². The summed E-state index contributed by atoms with van der Waals surface area (Å²) in [6.07, 6.45) is 0. The second-order valence-corrected chi connectivity index (χ2v) is 13.3. The van der Waals surface area contributed by atoms with E-state index < -0.39 is 9.52 Å². The van der Waals surface area contributed by atoms with E-state index in [0.717, 1.165) is 0 Å². The largest absolute Gasteiger partial charge is 0.0875 e. The second-order valence-electron chi connectivity index (χ2n) is 11.3. The lowest BCUT2D eigenvalue weighted by molar-refractivity contribution is 1.61. The lowest BCUT2D eigenvalue weighted by Gasteiger charge is -2.19. The molecule has 0 heterocycles. The van der Waals surface area contributed by atoms with Crippen molar-refractivity contribution < 1.29 is 0 Å². The van der Waals surface area contributed by atoms with Gasteiger partial charge in [-0.1, -0.05) is 168 Å². The van der Waals surface area contributed by atoms with Crippen molar-refractivity contribution in [1.82, 2.24) is 0 Å². The van der Waals surface area contributed by atoms with Crippen molar-refractivity contribution in [2.24, 2.45) is 0 Å². The summed E-state index contributed by atoms with van der Waals surface area (Å²) in [6.45, 7) is 0. The molecule has 43 heavy (non-hydrogen) atoms. The van der Waals surface area contributed by atoms with Gasteiger partial charge in [-0.2, -0.15) is 0 Å². The highest BCUT2D eigenvalue weighted by Gasteiger charge is 2.18. The van der Waals surface area contributed by atoms with Crippen LogP contribution < -0.4 is 10.4 Å². The lowest BCUT2D eigenvalue weighted by Crippen LogP contribution is -2.26. The maximum Gasteiger partial charge on any atom is 0.0875 e. The summed E-state index contributed by atoms with van der Waals surface area (Å²) in [6, 6.07) is 62.6. The normalized spacial score (nSPS) is 11.6. The van der Waals surface area contributed by atoms with E-state index in [9.17, 15) is 0 Å². The first-order chi connectivity index (χ1) is 21.3. The Hall–Kier alpha value is -5.24. The monoisotopic (exact) mass is 562 g/mol. The van der Waals surface area contributed by atoms with Gasteiger partial charge in [0.2, 0.25) is 0 Å². The minimum Gasteiger partial charge on any atom is -0.0633 e. The summed E-state index contributed by atoms with van der Waals surface area (Å²) in [7, 11) is -0.622. The number of benzene rings is 8. The zero-order chi connectivity index (χ0) is 28.6. The van der Waals surface area contributed by atoms with Crippen molar-refractivity contribution in [3.8, 4) is 33.4 Å². The van der Waals surface area contributed by atoms with Crippen molar-refractivity contribution in [2.75, 3.05) is 0 Å². The molecule has 0 aliphatic carbocycles. The van der Waals surface area contributed by atoms with Gasteiger partial charge >= 0.3 is 0 Å². The Morgan fingerprint density at radius 1 is 0.279 bits per heavy atom. The van der Waals surface area contributed by atoms with Gasteiger partial charge in [0, 0.05) is 0 Å². The Morgan fingerprint density at radius 2 is 0.860 bits per heavy atom. The SMILES string of the molecule is c1ccc([SiH2]c2ccc3c(-c4ccc5ccccc5c4)c4ccccc4c(-c4cccc(-c5ccccc5)c4)c3c2)cc1. The van der Waals surface area contributed by atoms with Crippen LogP contribution >= 0.6 is 0 Å². The minimum absolute atomic E-state index is 0.622. The zero-order valence-corrected chi connectivity index (χ0v) is 25.3. The van der Waals surface area contributed by atoms with E-state index in [1.54, 1.807) is 0 Å². The Labute approximate surface area is 254 Å². The molecule has 0 unspecified atom stereocenters. The molecule has 202 valence electrons. The number of rotatable bonds is 5. The summed E-state index contributed by atoms with van der Waals surface area (Å²) in [5.74, 6) is 0. The fourth-order valence-electron chi connectivity index (χ4n) is 6.62. The molecule has 0 amide bonds. The van der Waals surface area contributed by atoms with Gasteiger partial charge in [0.15, 0.2) is 0 Å². The van der Waals surface area contributed by atoms with Crippen LogP contribution in [0.2, 0.25) is 0 Å². The highest BCUT2D eigenvalue weighted by Crippen LogP contribution is 2.44. The molecule has 0 atom stereocenters. The molecule has 1 heteroatoms. The standard InChI is InChI=1S/C42H30Si/c1-3-12-29(13-4-1)32-16-11-17-33(26-32)42-38-21-10-9-20-37(38)41(34-23-22-30-14-7-8-15-31(30)27-34)39-25-24-36(28-40(39)42)43-35-18-5-2-6-19-35/h1-28H,43H2. The topological polar surface area (TPSA) is 0 Å². The zero-order valence-electron chi connectivity index (χ0n) is 23.9. The van der Waals surface area contributed by atoms with E-state index in [-0.39, 0.29) is 0 Å². The Morgan fingerprint density at radius 3 is 1.65 bits per heavy atom. The van der Waals surface area contributed by atoms with E-state index in [1.807, 2.05) is 0 Å². The van der Waals surface area contributed by atoms with Gasteiger partial charge in [-0.3, -0.25) is 0 Å². The highest BCUT2D eigenvalue weighted by molar-refractivity contribution is 6.67. The Kier molecular flexibility index (Phi) is 6.44. The van der Waals surface area contributed by atoms with Gasteiger partial charge in [-0.15, -0.1) is 0 Å². The second kappa shape index (κ2) is 10.9. The average molecular weight is 563 g/mol. The number of hydrogen-bond donors (Lipinski definition) is 0. The van der Waals surface area contributed by atoms with E-state index in [4.69, 9.17) is 0 Å². The van der Waals surface area contributed by atoms with Crippen LogP contribution in [0.4, 0.5) is 0 Å². The Bertz CT molecular complexity index is 2250. The Balaban J connectivity index is 1.44. The summed E-state index contributed by atoms with van der Waals surface area (Å²) in [5.41, 5.74) is 7.62. The summed E-state index contributed by atoms with van der Waals surface area (Å²) < 4.78 is 0. The fourth-order valence-corrected chi connectivity index (χ4v) is 8.14. The molecule has 0 aromatic heterocycles. The molecule has 0 fully saturated rings. The van der Waals surface area contributed by atoms with Crippen molar-refractivity contribution in [1.29, 1.82) is 0 Å². The highest BCUT2D eigenvalue weighted by atomic mass is 28.2. The molecule has 0 spiro atoms. The summed E-state index contributed by atoms with van der Waals surface area (Å²) >= 11 is 0. The van der Waals surface area contributed by atoms with Crippen LogP contribution in [0.3, 0.4) is 0 Å². The first kappa shape index (κ1) is 25.5. The third-order valence-electron chi connectivity index (χ3n) is 8.64. The van der Waals surface area contributed by atoms with Gasteiger partial charge in [-0.05, 0) is 77.8 Å². The van der Waals surface area contributed by atoms with Crippen molar-refractivity contribution in [2.45, 2.75) is 0 Å². The van der Waals surface area contributed by atoms with Gasteiger partial charge in [0.05, 0.1) is 9.52 Å². The molecule has 0 N–H and O–H groups in total. The quantitative estimate of drug-likeness (QED) is 0.145. The maximum atomic E-state index is 2.50. The summed E-state index contributed by atoms with van der Waals surface area (Å²) in [5, 5.41) is 10.7. The molecule has 8 rings (SSSR count). The first-order valence-corrected chi connectivity index (χ1v) is 16.4. The van der Waals surface area contributed by atoms with E-state index in [1.165, 1.54) is 76.1 Å². The minimum atomic E-state index is -0.622. The predicted octanol–water partition coefficient (Wildman–Crippen LogP) is 9.27. The molecule has 8 aromatic rings. The third-order valence-corrected chi connectivity index (χ3v) is 10.4. The first-order valence-electron chi connectivity index (χ1n) is 15.0. The van der Waals surface area contributed by atoms with Crippen molar-refractivity contribution in [3.63, 3.8) is 0 Å². The molecule has 8 aromatic carbocycles. The third kappa shape index (κ3) is 4.74. The van der Waals surface area contributed by atoms with Crippen LogP contribution in [-0.2, 0) is 0 Å². The van der Waals surface area contributed by atoms with Crippen LogP contribution in [0, 0.1) is 0 Å². The molecule has 0 saturated heterocycles. The number of hydrogen-bond acceptors (Lipinski definition) is 0. The molecular formula is C42H30Si. The van der Waals surface area contributed by atoms with Crippen LogP contribution in [0.1, 0.15) is 0 Å². The van der Waals surface area contributed by atoms with Crippen molar-refractivity contribution in [3.05, 3.63) is 170 Å². The van der Waals surface area contributed by atoms with E-state index in [2.05, 4.69) is 170 Å². The lowest BCUT2D eigenvalue weighted by atomic mass is 9.85. The van der Waals surface area contributed by atoms with Crippen molar-refractivity contribution >= 4 is 52.2 Å². The molecular weight excluding hydrogens is 533 g/mol. The molecule has 0 bridgehead atoms. The van der Waals surface area contributed by atoms with E-state index >= 15 is 0 Å². The smallest absolute Gasteiger partial charge is 0.0633 e. The molecule has 0 aliphatic rings. The van der Waals surface area contributed by atoms with Gasteiger partial charge in [-0.25, -0.2) is 0 Å². The van der Waals surface area contributed by atoms with Crippen LogP contribution in [0.15, 0.2) is 170 Å². The fraction of sp³-hybridized carbons (Fsp3) is 0. The van der Waals surface area contributed by atoms with Gasteiger partial charge < -0.3 is 0 Å². The number of fused-ring (bicyclic) bond motifs is 3. The van der Waals surface area contributed by atoms with Crippen LogP contribution in [-0.4, -0.2) is 9.52 Å². The molecule has 0 nitrogen and oxygen atoms in total. The van der Waals surface area contributed by atoms with Crippen LogP contribution in [0.25, 0.3) is 65.7 Å². The van der Waals surface area contributed by atoms with Gasteiger partial charge in [0.1, 0.15) is 0 Å². The molecule has 0 saturated carbocycles. The van der Waals surface area contributed by atoms with Crippen LogP contribution in [0.5, 0.6) is 0 Å². The summed E-state index contributed by atoms with van der Waals surface area (Å²) in [4.78, 5) is 0.